The molecule has 2 rings (SSSR count). The van der Waals surface area contributed by atoms with Crippen LogP contribution >= 0.6 is 0 Å². The van der Waals surface area contributed by atoms with E-state index in [2.05, 4.69) is 16.0 Å². The Morgan fingerprint density at radius 3 is 2.18 bits per heavy atom. The number of nitrogens with one attached hydrogen (secondary N) is 3. The van der Waals surface area contributed by atoms with Crippen molar-refractivity contribution >= 4 is 17.9 Å². The summed E-state index contributed by atoms with van der Waals surface area (Å²) in [5.41, 5.74) is 1.42. The maximum Gasteiger partial charge on any atom is 0.407 e. The van der Waals surface area contributed by atoms with Crippen molar-refractivity contribution in [2.75, 3.05) is 19.7 Å². The average Bonchev–Trinajstić information content (AvgIpc) is 2.99. The first kappa shape index (κ1) is 35.8. The molecule has 0 spiro atoms. The number of ether oxygens (including phenoxy) is 1. The van der Waals surface area contributed by atoms with E-state index in [9.17, 15) is 34.8 Å². The van der Waals surface area contributed by atoms with Crippen LogP contribution in [0.2, 0.25) is 0 Å². The zero-order valence-electron chi connectivity index (χ0n) is 25.4. The van der Waals surface area contributed by atoms with Crippen molar-refractivity contribution in [3.63, 3.8) is 0 Å². The summed E-state index contributed by atoms with van der Waals surface area (Å²) in [6.07, 6.45) is 5.19. The number of aliphatic hydroxyl groups excluding tert-OH is 2. The fourth-order valence-electron chi connectivity index (χ4n) is 4.26. The first-order valence-electron chi connectivity index (χ1n) is 14.7. The number of carbonyl (C=O) groups is 3. The maximum atomic E-state index is 12.7. The lowest BCUT2D eigenvalue weighted by Gasteiger charge is -2.30. The molecule has 2 aromatic rings. The van der Waals surface area contributed by atoms with E-state index in [4.69, 9.17) is 4.74 Å². The van der Waals surface area contributed by atoms with Crippen LogP contribution in [-0.2, 0) is 27.4 Å². The van der Waals surface area contributed by atoms with Gasteiger partial charge in [-0.3, -0.25) is 9.59 Å². The van der Waals surface area contributed by atoms with Gasteiger partial charge in [0.25, 0.3) is 0 Å². The molecule has 3 amide bonds. The number of phenols is 2. The van der Waals surface area contributed by atoms with E-state index in [-0.39, 0.29) is 62.2 Å². The molecule has 0 saturated heterocycles. The van der Waals surface area contributed by atoms with E-state index in [0.717, 1.165) is 16.7 Å². The molecule has 0 aliphatic rings. The van der Waals surface area contributed by atoms with Crippen molar-refractivity contribution in [3.05, 3.63) is 83.5 Å². The molecular formula is C33H45N3O8. The van der Waals surface area contributed by atoms with Crippen LogP contribution in [0.15, 0.2) is 72.3 Å². The third-order valence-corrected chi connectivity index (χ3v) is 6.88. The maximum absolute atomic E-state index is 12.7. The second-order valence-corrected chi connectivity index (χ2v) is 10.8. The first-order valence-corrected chi connectivity index (χ1v) is 14.7. The number of phenolic OH excluding ortho intramolecular Hbond substituents is 2. The lowest BCUT2D eigenvalue weighted by molar-refractivity contribution is -0.121. The lowest BCUT2D eigenvalue weighted by atomic mass is 9.90. The molecule has 44 heavy (non-hydrogen) atoms. The summed E-state index contributed by atoms with van der Waals surface area (Å²) in [5.74, 6) is -0.917. The number of alkyl carbamates (subject to hydrolysis) is 1. The SMILES string of the molecule is CC(O)/C=C\C(=C/CO)CCNC(=O)CCC(C)(CCC(=O)NCCc1ccc(O)c(O)c1)NC(=O)OCc1ccccc1. The molecule has 0 aliphatic heterocycles. The van der Waals surface area contributed by atoms with Gasteiger partial charge in [-0.2, -0.15) is 0 Å². The summed E-state index contributed by atoms with van der Waals surface area (Å²) < 4.78 is 5.38. The third-order valence-electron chi connectivity index (χ3n) is 6.88. The Morgan fingerprint density at radius 2 is 1.57 bits per heavy atom. The molecule has 240 valence electrons. The molecule has 2 aromatic carbocycles. The topological polar surface area (TPSA) is 177 Å². The summed E-state index contributed by atoms with van der Waals surface area (Å²) in [7, 11) is 0. The largest absolute Gasteiger partial charge is 0.504 e. The minimum Gasteiger partial charge on any atom is -0.504 e. The normalized spacial score (nSPS) is 13.6. The highest BCUT2D eigenvalue weighted by atomic mass is 16.5. The van der Waals surface area contributed by atoms with Crippen LogP contribution < -0.4 is 16.0 Å². The van der Waals surface area contributed by atoms with Gasteiger partial charge in [-0.25, -0.2) is 4.79 Å². The van der Waals surface area contributed by atoms with E-state index in [1.807, 2.05) is 30.3 Å². The molecule has 11 nitrogen and oxygen atoms in total. The van der Waals surface area contributed by atoms with Crippen LogP contribution in [0.25, 0.3) is 0 Å². The predicted octanol–water partition coefficient (Wildman–Crippen LogP) is 3.36. The van der Waals surface area contributed by atoms with E-state index < -0.39 is 17.7 Å². The van der Waals surface area contributed by atoms with Crippen LogP contribution in [0.5, 0.6) is 11.5 Å². The van der Waals surface area contributed by atoms with Gasteiger partial charge in [0.1, 0.15) is 6.61 Å². The number of aliphatic hydroxyl groups is 2. The Hall–Kier alpha value is -4.35. The van der Waals surface area contributed by atoms with Crippen LogP contribution in [0.1, 0.15) is 57.1 Å². The lowest BCUT2D eigenvalue weighted by Crippen LogP contribution is -2.47. The first-order chi connectivity index (χ1) is 21.0. The highest BCUT2D eigenvalue weighted by molar-refractivity contribution is 5.77. The number of hydrogen-bond acceptors (Lipinski definition) is 8. The number of amides is 3. The minimum atomic E-state index is -0.923. The highest BCUT2D eigenvalue weighted by Crippen LogP contribution is 2.25. The van der Waals surface area contributed by atoms with Crippen molar-refractivity contribution < 1.29 is 39.5 Å². The Balaban J connectivity index is 1.92. The van der Waals surface area contributed by atoms with E-state index >= 15 is 0 Å². The van der Waals surface area contributed by atoms with Crippen molar-refractivity contribution in [2.24, 2.45) is 0 Å². The number of benzene rings is 2. The number of allylic oxidation sites excluding steroid dienone is 1. The van der Waals surface area contributed by atoms with Gasteiger partial charge in [-0.1, -0.05) is 54.6 Å². The van der Waals surface area contributed by atoms with Gasteiger partial charge < -0.3 is 41.1 Å². The monoisotopic (exact) mass is 611 g/mol. The third kappa shape index (κ3) is 14.7. The summed E-state index contributed by atoms with van der Waals surface area (Å²) >= 11 is 0. The second kappa shape index (κ2) is 19.0. The van der Waals surface area contributed by atoms with Crippen molar-refractivity contribution in [1.29, 1.82) is 0 Å². The van der Waals surface area contributed by atoms with Crippen molar-refractivity contribution in [2.45, 2.75) is 70.6 Å². The van der Waals surface area contributed by atoms with E-state index in [1.165, 1.54) is 12.1 Å². The van der Waals surface area contributed by atoms with E-state index in [0.29, 0.717) is 25.9 Å². The van der Waals surface area contributed by atoms with Gasteiger partial charge in [0.2, 0.25) is 11.8 Å². The Bertz CT molecular complexity index is 1260. The standard InChI is InChI=1S/C33H45N3O8/c1-24(38)8-9-25(16-21-37)14-19-34-30(41)12-17-33(2,36-32(43)44-23-27-6-4-3-5-7-27)18-13-31(42)35-20-15-26-10-11-28(39)29(40)22-26/h3-11,16,22,24,37-40H,12-15,17-21,23H2,1-2H3,(H,34,41)(H,35,42)(H,36,43)/b9-8-,25-16+. The van der Waals surface area contributed by atoms with Gasteiger partial charge in [0, 0.05) is 31.5 Å². The van der Waals surface area contributed by atoms with Crippen LogP contribution in [0.4, 0.5) is 4.79 Å². The zero-order chi connectivity index (χ0) is 32.4. The summed E-state index contributed by atoms with van der Waals surface area (Å²) in [6, 6.07) is 13.7. The quantitative estimate of drug-likeness (QED) is 0.0991. The second-order valence-electron chi connectivity index (χ2n) is 10.8. The molecule has 0 bridgehead atoms. The van der Waals surface area contributed by atoms with Gasteiger partial charge in [0.15, 0.2) is 11.5 Å². The molecule has 2 atom stereocenters. The molecule has 0 aromatic heterocycles. The molecular weight excluding hydrogens is 566 g/mol. The Kier molecular flexibility index (Phi) is 15.5. The number of rotatable bonds is 18. The predicted molar refractivity (Wildman–Crippen MR) is 167 cm³/mol. The van der Waals surface area contributed by atoms with Crippen molar-refractivity contribution in [1.82, 2.24) is 16.0 Å². The van der Waals surface area contributed by atoms with Crippen LogP contribution in [0, 0.1) is 0 Å². The van der Waals surface area contributed by atoms with Crippen molar-refractivity contribution in [3.8, 4) is 11.5 Å². The number of aromatic hydroxyl groups is 2. The van der Waals surface area contributed by atoms with Crippen LogP contribution in [-0.4, -0.2) is 69.7 Å². The van der Waals surface area contributed by atoms with Gasteiger partial charge in [0.05, 0.1) is 12.7 Å². The molecule has 0 saturated carbocycles. The average molecular weight is 612 g/mol. The summed E-state index contributed by atoms with van der Waals surface area (Å²) in [5, 5.41) is 46.3. The van der Waals surface area contributed by atoms with Crippen LogP contribution in [0.3, 0.4) is 0 Å². The Morgan fingerprint density at radius 1 is 0.909 bits per heavy atom. The zero-order valence-corrected chi connectivity index (χ0v) is 25.4. The molecule has 2 unspecified atom stereocenters. The van der Waals surface area contributed by atoms with Gasteiger partial charge in [-0.05, 0) is 68.4 Å². The fraction of sp³-hybridized carbons (Fsp3) is 0.424. The summed E-state index contributed by atoms with van der Waals surface area (Å²) in [6.45, 7) is 3.92. The van der Waals surface area contributed by atoms with Gasteiger partial charge in [-0.15, -0.1) is 0 Å². The minimum absolute atomic E-state index is 0.0732. The molecule has 0 heterocycles. The number of carbonyl (C=O) groups excluding carboxylic acids is 3. The molecule has 0 fully saturated rings. The fourth-order valence-corrected chi connectivity index (χ4v) is 4.26. The molecule has 0 radical (unpaired) electrons. The molecule has 0 aliphatic carbocycles. The summed E-state index contributed by atoms with van der Waals surface area (Å²) in [4.78, 5) is 38.0. The molecule has 11 heteroatoms. The smallest absolute Gasteiger partial charge is 0.407 e. The van der Waals surface area contributed by atoms with Gasteiger partial charge >= 0.3 is 6.09 Å². The highest BCUT2D eigenvalue weighted by Gasteiger charge is 2.29. The van der Waals surface area contributed by atoms with E-state index in [1.54, 1.807) is 38.1 Å². The molecule has 7 N–H and O–H groups in total. The number of hydrogen-bond donors (Lipinski definition) is 7. The Labute approximate surface area is 258 Å².